The van der Waals surface area contributed by atoms with E-state index in [9.17, 15) is 9.90 Å². The van der Waals surface area contributed by atoms with Gasteiger partial charge in [0, 0.05) is 11.4 Å². The Kier molecular flexibility index (Phi) is 6.18. The van der Waals surface area contributed by atoms with Crippen molar-refractivity contribution < 1.29 is 9.90 Å². The molecular weight excluding hydrogens is 260 g/mol. The molecule has 5 heteroatoms. The van der Waals surface area contributed by atoms with E-state index >= 15 is 0 Å². The normalized spacial score (nSPS) is 13.7. The van der Waals surface area contributed by atoms with E-state index in [-0.39, 0.29) is 12.6 Å². The lowest BCUT2D eigenvalue weighted by Crippen LogP contribution is -2.50. The molecule has 1 aromatic carbocycles. The molecule has 0 aliphatic rings. The van der Waals surface area contributed by atoms with Crippen LogP contribution in [0.5, 0.6) is 0 Å². The van der Waals surface area contributed by atoms with E-state index < -0.39 is 5.54 Å². The minimum absolute atomic E-state index is 0.0798. The van der Waals surface area contributed by atoms with Crippen LogP contribution in [0.4, 0.5) is 10.5 Å². The van der Waals surface area contributed by atoms with E-state index in [0.29, 0.717) is 6.42 Å². The fourth-order valence-electron chi connectivity index (χ4n) is 1.53. The lowest BCUT2D eigenvalue weighted by Gasteiger charge is -2.27. The van der Waals surface area contributed by atoms with Gasteiger partial charge in [0.1, 0.15) is 0 Å². The first-order valence-corrected chi connectivity index (χ1v) is 7.70. The average molecular weight is 282 g/mol. The highest BCUT2D eigenvalue weighted by Gasteiger charge is 2.22. The van der Waals surface area contributed by atoms with Gasteiger partial charge in [-0.25, -0.2) is 4.79 Å². The first-order chi connectivity index (χ1) is 9.03. The van der Waals surface area contributed by atoms with Gasteiger partial charge in [0.05, 0.1) is 12.1 Å². The van der Waals surface area contributed by atoms with Crippen molar-refractivity contribution in [3.63, 3.8) is 0 Å². The molecule has 3 N–H and O–H groups in total. The predicted molar refractivity (Wildman–Crippen MR) is 81.6 cm³/mol. The van der Waals surface area contributed by atoms with Crippen LogP contribution in [-0.4, -0.2) is 29.5 Å². The van der Waals surface area contributed by atoms with Crippen LogP contribution in [0.25, 0.3) is 0 Å². The van der Waals surface area contributed by atoms with Crippen LogP contribution >= 0.6 is 11.8 Å². The zero-order valence-electron chi connectivity index (χ0n) is 11.7. The Morgan fingerprint density at radius 3 is 2.47 bits per heavy atom. The fraction of sp³-hybridized carbons (Fsp3) is 0.500. The smallest absolute Gasteiger partial charge is 0.319 e. The summed E-state index contributed by atoms with van der Waals surface area (Å²) in [6.07, 6.45) is 2.73. The molecule has 1 unspecified atom stereocenters. The highest BCUT2D eigenvalue weighted by Crippen LogP contribution is 2.14. The van der Waals surface area contributed by atoms with Gasteiger partial charge in [-0.3, -0.25) is 0 Å². The molecule has 0 aromatic heterocycles. The van der Waals surface area contributed by atoms with Gasteiger partial charge in [-0.05, 0) is 37.3 Å². The third kappa shape index (κ3) is 5.12. The topological polar surface area (TPSA) is 61.4 Å². The van der Waals surface area contributed by atoms with Crippen molar-refractivity contribution in [2.24, 2.45) is 0 Å². The molecule has 0 saturated carbocycles. The minimum atomic E-state index is -0.580. The fourth-order valence-corrected chi connectivity index (χ4v) is 2.05. The summed E-state index contributed by atoms with van der Waals surface area (Å²) < 4.78 is 0. The SMILES string of the molecule is CCC(C)(CO)NC(=O)Nc1ccc(CSC)cc1. The number of carbonyl (C=O) groups excluding carboxylic acids is 1. The van der Waals surface area contributed by atoms with Gasteiger partial charge in [-0.15, -0.1) is 0 Å². The molecule has 0 aliphatic heterocycles. The molecule has 0 radical (unpaired) electrons. The summed E-state index contributed by atoms with van der Waals surface area (Å²) in [5.41, 5.74) is 1.40. The van der Waals surface area contributed by atoms with Crippen molar-refractivity contribution in [1.29, 1.82) is 0 Å². The number of carbonyl (C=O) groups is 1. The number of nitrogens with one attached hydrogen (secondary N) is 2. The number of amides is 2. The van der Waals surface area contributed by atoms with E-state index in [1.165, 1.54) is 5.56 Å². The Morgan fingerprint density at radius 1 is 1.37 bits per heavy atom. The number of benzene rings is 1. The number of hydrogen-bond acceptors (Lipinski definition) is 3. The van der Waals surface area contributed by atoms with Gasteiger partial charge < -0.3 is 15.7 Å². The molecule has 2 amide bonds. The summed E-state index contributed by atoms with van der Waals surface area (Å²) in [6.45, 7) is 3.66. The van der Waals surface area contributed by atoms with E-state index in [1.54, 1.807) is 11.8 Å². The predicted octanol–water partition coefficient (Wildman–Crippen LogP) is 2.83. The molecule has 1 rings (SSSR count). The molecule has 4 nitrogen and oxygen atoms in total. The molecule has 19 heavy (non-hydrogen) atoms. The first-order valence-electron chi connectivity index (χ1n) is 6.31. The Balaban J connectivity index is 2.57. The largest absolute Gasteiger partial charge is 0.394 e. The zero-order valence-corrected chi connectivity index (χ0v) is 12.5. The minimum Gasteiger partial charge on any atom is -0.394 e. The number of rotatable bonds is 6. The quantitative estimate of drug-likeness (QED) is 0.752. The lowest BCUT2D eigenvalue weighted by molar-refractivity contribution is 0.172. The van der Waals surface area contributed by atoms with E-state index in [0.717, 1.165) is 11.4 Å². The Morgan fingerprint density at radius 2 is 2.00 bits per heavy atom. The highest BCUT2D eigenvalue weighted by molar-refractivity contribution is 7.97. The van der Waals surface area contributed by atoms with Crippen LogP contribution in [0.3, 0.4) is 0 Å². The maximum atomic E-state index is 11.8. The molecule has 0 fully saturated rings. The van der Waals surface area contributed by atoms with Crippen LogP contribution in [-0.2, 0) is 5.75 Å². The summed E-state index contributed by atoms with van der Waals surface area (Å²) in [6, 6.07) is 7.46. The molecule has 0 heterocycles. The number of aliphatic hydroxyl groups excluding tert-OH is 1. The Labute approximate surface area is 119 Å². The second-order valence-electron chi connectivity index (χ2n) is 4.78. The van der Waals surface area contributed by atoms with Gasteiger partial charge >= 0.3 is 6.03 Å². The molecule has 1 aromatic rings. The van der Waals surface area contributed by atoms with E-state index in [1.807, 2.05) is 38.1 Å². The van der Waals surface area contributed by atoms with E-state index in [4.69, 9.17) is 0 Å². The maximum Gasteiger partial charge on any atom is 0.319 e. The zero-order chi connectivity index (χ0) is 14.3. The van der Waals surface area contributed by atoms with E-state index in [2.05, 4.69) is 16.9 Å². The Bertz CT molecular complexity index is 402. The monoisotopic (exact) mass is 282 g/mol. The first kappa shape index (κ1) is 15.9. The van der Waals surface area contributed by atoms with Crippen molar-refractivity contribution in [2.45, 2.75) is 31.6 Å². The van der Waals surface area contributed by atoms with Crippen molar-refractivity contribution in [3.05, 3.63) is 29.8 Å². The van der Waals surface area contributed by atoms with Gasteiger partial charge in [-0.2, -0.15) is 11.8 Å². The summed E-state index contributed by atoms with van der Waals surface area (Å²) >= 11 is 1.76. The van der Waals surface area contributed by atoms with Crippen molar-refractivity contribution in [2.75, 3.05) is 18.2 Å². The number of thioether (sulfide) groups is 1. The van der Waals surface area contributed by atoms with Gasteiger partial charge in [0.15, 0.2) is 0 Å². The third-order valence-corrected chi connectivity index (χ3v) is 3.69. The average Bonchev–Trinajstić information content (AvgIpc) is 2.41. The summed E-state index contributed by atoms with van der Waals surface area (Å²) in [4.78, 5) is 11.8. The molecule has 0 bridgehead atoms. The summed E-state index contributed by atoms with van der Waals surface area (Å²) in [5, 5.41) is 14.8. The van der Waals surface area contributed by atoms with Gasteiger partial charge in [-0.1, -0.05) is 19.1 Å². The van der Waals surface area contributed by atoms with Crippen molar-refractivity contribution >= 4 is 23.5 Å². The van der Waals surface area contributed by atoms with Crippen LogP contribution < -0.4 is 10.6 Å². The Hall–Kier alpha value is -1.20. The second-order valence-corrected chi connectivity index (χ2v) is 5.65. The van der Waals surface area contributed by atoms with Gasteiger partial charge in [0.25, 0.3) is 0 Å². The van der Waals surface area contributed by atoms with Crippen LogP contribution in [0.1, 0.15) is 25.8 Å². The van der Waals surface area contributed by atoms with Gasteiger partial charge in [0.2, 0.25) is 0 Å². The third-order valence-electron chi connectivity index (χ3n) is 3.07. The maximum absolute atomic E-state index is 11.8. The molecule has 0 spiro atoms. The summed E-state index contributed by atoms with van der Waals surface area (Å²) in [5.74, 6) is 0.963. The molecule has 0 saturated heterocycles. The van der Waals surface area contributed by atoms with Crippen LogP contribution in [0.15, 0.2) is 24.3 Å². The lowest BCUT2D eigenvalue weighted by atomic mass is 10.0. The molecule has 0 aliphatic carbocycles. The van der Waals surface area contributed by atoms with Crippen LogP contribution in [0.2, 0.25) is 0 Å². The number of hydrogen-bond donors (Lipinski definition) is 3. The van der Waals surface area contributed by atoms with Crippen molar-refractivity contribution in [1.82, 2.24) is 5.32 Å². The number of anilines is 1. The number of aliphatic hydroxyl groups is 1. The molecular formula is C14H22N2O2S. The highest BCUT2D eigenvalue weighted by atomic mass is 32.2. The second kappa shape index (κ2) is 7.40. The van der Waals surface area contributed by atoms with Crippen molar-refractivity contribution in [3.8, 4) is 0 Å². The molecule has 106 valence electrons. The molecule has 1 atom stereocenters. The standard InChI is InChI=1S/C14H22N2O2S/c1-4-14(2,10-17)16-13(18)15-12-7-5-11(6-8-12)9-19-3/h5-8,17H,4,9-10H2,1-3H3,(H2,15,16,18). The number of urea groups is 1. The summed E-state index contributed by atoms with van der Waals surface area (Å²) in [7, 11) is 0. The van der Waals surface area contributed by atoms with Crippen LogP contribution in [0, 0.1) is 0 Å².